The normalized spacial score (nSPS) is 18.1. The van der Waals surface area contributed by atoms with Gasteiger partial charge in [-0.25, -0.2) is 5.43 Å². The molecule has 0 amide bonds. The van der Waals surface area contributed by atoms with Crippen molar-refractivity contribution in [3.05, 3.63) is 34.2 Å². The van der Waals surface area contributed by atoms with E-state index in [1.54, 1.807) is 11.3 Å². The molecule has 1 aromatic rings. The van der Waals surface area contributed by atoms with Crippen molar-refractivity contribution >= 4 is 11.3 Å². The maximum absolute atomic E-state index is 5.48. The highest BCUT2D eigenvalue weighted by atomic mass is 32.1. The van der Waals surface area contributed by atoms with Gasteiger partial charge in [0.05, 0.1) is 6.61 Å². The fourth-order valence-corrected chi connectivity index (χ4v) is 2.11. The maximum atomic E-state index is 5.48. The zero-order chi connectivity index (χ0) is 9.10. The predicted molar refractivity (Wildman–Crippen MR) is 53.0 cm³/mol. The minimum absolute atomic E-state index is 0.0220. The van der Waals surface area contributed by atoms with Crippen LogP contribution in [-0.2, 0) is 4.74 Å². The number of nitrogens with two attached hydrogens (primary N) is 1. The van der Waals surface area contributed by atoms with E-state index in [4.69, 9.17) is 10.6 Å². The molecule has 2 rings (SSSR count). The largest absolute Gasteiger partial charge is 0.496 e. The molecular formula is C9H12N2OS. The summed E-state index contributed by atoms with van der Waals surface area (Å²) < 4.78 is 5.45. The quantitative estimate of drug-likeness (QED) is 0.569. The van der Waals surface area contributed by atoms with Crippen LogP contribution in [0.3, 0.4) is 0 Å². The first-order chi connectivity index (χ1) is 6.42. The van der Waals surface area contributed by atoms with Gasteiger partial charge in [-0.3, -0.25) is 5.84 Å². The van der Waals surface area contributed by atoms with Crippen molar-refractivity contribution in [1.82, 2.24) is 5.43 Å². The zero-order valence-electron chi connectivity index (χ0n) is 7.19. The van der Waals surface area contributed by atoms with Gasteiger partial charge in [0.1, 0.15) is 11.8 Å². The molecule has 1 aliphatic heterocycles. The Morgan fingerprint density at radius 3 is 3.08 bits per heavy atom. The Morgan fingerprint density at radius 2 is 2.54 bits per heavy atom. The fraction of sp³-hybridized carbons (Fsp3) is 0.333. The standard InChI is InChI=1S/C9H12N2OS/c10-11-9(7-3-5-13-6-7)8-2-1-4-12-8/h2-3,5-6,9,11H,1,4,10H2. The Hall–Kier alpha value is -0.840. The molecule has 0 spiro atoms. The van der Waals surface area contributed by atoms with Gasteiger partial charge in [-0.15, -0.1) is 0 Å². The highest BCUT2D eigenvalue weighted by molar-refractivity contribution is 7.07. The topological polar surface area (TPSA) is 47.3 Å². The second-order valence-electron chi connectivity index (χ2n) is 2.90. The number of hydrazine groups is 1. The van der Waals surface area contributed by atoms with Crippen molar-refractivity contribution in [2.45, 2.75) is 12.5 Å². The SMILES string of the molecule is NNC(C1=CCCO1)c1ccsc1. The summed E-state index contributed by atoms with van der Waals surface area (Å²) in [5, 5.41) is 4.11. The lowest BCUT2D eigenvalue weighted by Crippen LogP contribution is -2.29. The summed E-state index contributed by atoms with van der Waals surface area (Å²) in [5.74, 6) is 6.42. The average molecular weight is 196 g/mol. The molecule has 1 aliphatic rings. The van der Waals surface area contributed by atoms with Crippen LogP contribution < -0.4 is 11.3 Å². The fourth-order valence-electron chi connectivity index (χ4n) is 1.42. The number of hydrogen-bond acceptors (Lipinski definition) is 4. The Kier molecular flexibility index (Phi) is 2.63. The van der Waals surface area contributed by atoms with Crippen LogP contribution in [0.15, 0.2) is 28.7 Å². The molecule has 0 saturated carbocycles. The molecule has 0 saturated heterocycles. The van der Waals surface area contributed by atoms with Crippen LogP contribution in [0.4, 0.5) is 0 Å². The van der Waals surface area contributed by atoms with Crippen molar-refractivity contribution in [3.63, 3.8) is 0 Å². The molecule has 1 aromatic heterocycles. The molecule has 13 heavy (non-hydrogen) atoms. The van der Waals surface area contributed by atoms with Gasteiger partial charge in [-0.1, -0.05) is 0 Å². The molecule has 1 unspecified atom stereocenters. The minimum atomic E-state index is 0.0220. The molecule has 0 aromatic carbocycles. The van der Waals surface area contributed by atoms with Crippen LogP contribution in [0.5, 0.6) is 0 Å². The first-order valence-electron chi connectivity index (χ1n) is 4.23. The van der Waals surface area contributed by atoms with E-state index in [1.165, 1.54) is 5.56 Å². The predicted octanol–water partition coefficient (Wildman–Crippen LogP) is 1.56. The summed E-state index contributed by atoms with van der Waals surface area (Å²) >= 11 is 1.66. The zero-order valence-corrected chi connectivity index (χ0v) is 8.01. The summed E-state index contributed by atoms with van der Waals surface area (Å²) in [7, 11) is 0. The number of ether oxygens (including phenoxy) is 1. The Labute approximate surface area is 81.2 Å². The molecule has 3 nitrogen and oxygen atoms in total. The number of rotatable bonds is 3. The Morgan fingerprint density at radius 1 is 1.62 bits per heavy atom. The monoisotopic (exact) mass is 196 g/mol. The highest BCUT2D eigenvalue weighted by Gasteiger charge is 2.19. The van der Waals surface area contributed by atoms with E-state index in [0.29, 0.717) is 0 Å². The number of hydrogen-bond donors (Lipinski definition) is 2. The van der Waals surface area contributed by atoms with E-state index >= 15 is 0 Å². The average Bonchev–Trinajstić information content (AvgIpc) is 2.76. The molecule has 3 N–H and O–H groups in total. The molecule has 70 valence electrons. The van der Waals surface area contributed by atoms with E-state index in [0.717, 1.165) is 18.8 Å². The lowest BCUT2D eigenvalue weighted by atomic mass is 10.1. The molecule has 0 bridgehead atoms. The molecule has 2 heterocycles. The van der Waals surface area contributed by atoms with Gasteiger partial charge < -0.3 is 4.74 Å². The van der Waals surface area contributed by atoms with Gasteiger partial charge in [-0.2, -0.15) is 11.3 Å². The smallest absolute Gasteiger partial charge is 0.115 e. The van der Waals surface area contributed by atoms with Gasteiger partial charge in [-0.05, 0) is 28.5 Å². The number of nitrogens with one attached hydrogen (secondary N) is 1. The molecule has 1 atom stereocenters. The van der Waals surface area contributed by atoms with Crippen LogP contribution in [0.25, 0.3) is 0 Å². The van der Waals surface area contributed by atoms with Crippen LogP contribution in [-0.4, -0.2) is 6.61 Å². The Bertz CT molecular complexity index is 295. The first-order valence-corrected chi connectivity index (χ1v) is 5.17. The third-order valence-corrected chi connectivity index (χ3v) is 2.76. The van der Waals surface area contributed by atoms with Gasteiger partial charge in [0.25, 0.3) is 0 Å². The van der Waals surface area contributed by atoms with Crippen molar-refractivity contribution in [2.24, 2.45) is 5.84 Å². The van der Waals surface area contributed by atoms with Gasteiger partial charge in [0.2, 0.25) is 0 Å². The second-order valence-corrected chi connectivity index (χ2v) is 3.68. The first kappa shape index (κ1) is 8.74. The molecule has 4 heteroatoms. The third kappa shape index (κ3) is 1.75. The third-order valence-electron chi connectivity index (χ3n) is 2.06. The summed E-state index contributed by atoms with van der Waals surface area (Å²) in [6.45, 7) is 0.775. The van der Waals surface area contributed by atoms with Crippen molar-refractivity contribution in [2.75, 3.05) is 6.61 Å². The lowest BCUT2D eigenvalue weighted by molar-refractivity contribution is 0.216. The highest BCUT2D eigenvalue weighted by Crippen LogP contribution is 2.26. The minimum Gasteiger partial charge on any atom is -0.496 e. The van der Waals surface area contributed by atoms with Crippen molar-refractivity contribution < 1.29 is 4.74 Å². The molecular weight excluding hydrogens is 184 g/mol. The summed E-state index contributed by atoms with van der Waals surface area (Å²) in [4.78, 5) is 0. The van der Waals surface area contributed by atoms with E-state index in [-0.39, 0.29) is 6.04 Å². The van der Waals surface area contributed by atoms with Crippen molar-refractivity contribution in [1.29, 1.82) is 0 Å². The van der Waals surface area contributed by atoms with Gasteiger partial charge in [0, 0.05) is 6.42 Å². The van der Waals surface area contributed by atoms with E-state index in [1.807, 2.05) is 5.38 Å². The van der Waals surface area contributed by atoms with Gasteiger partial charge >= 0.3 is 0 Å². The molecule has 0 radical (unpaired) electrons. The van der Waals surface area contributed by atoms with Crippen LogP contribution in [0.2, 0.25) is 0 Å². The van der Waals surface area contributed by atoms with Crippen LogP contribution >= 0.6 is 11.3 Å². The summed E-state index contributed by atoms with van der Waals surface area (Å²) in [5.41, 5.74) is 3.93. The summed E-state index contributed by atoms with van der Waals surface area (Å²) in [6.07, 6.45) is 3.07. The summed E-state index contributed by atoms with van der Waals surface area (Å²) in [6, 6.07) is 2.08. The van der Waals surface area contributed by atoms with Gasteiger partial charge in [0.15, 0.2) is 0 Å². The van der Waals surface area contributed by atoms with E-state index < -0.39 is 0 Å². The second kappa shape index (κ2) is 3.91. The maximum Gasteiger partial charge on any atom is 0.115 e. The lowest BCUT2D eigenvalue weighted by Gasteiger charge is -2.15. The molecule has 0 fully saturated rings. The van der Waals surface area contributed by atoms with Crippen LogP contribution in [0, 0.1) is 0 Å². The van der Waals surface area contributed by atoms with Crippen LogP contribution in [0.1, 0.15) is 18.0 Å². The van der Waals surface area contributed by atoms with E-state index in [9.17, 15) is 0 Å². The number of thiophene rings is 1. The Balaban J connectivity index is 2.18. The van der Waals surface area contributed by atoms with Crippen molar-refractivity contribution in [3.8, 4) is 0 Å². The molecule has 0 aliphatic carbocycles. The van der Waals surface area contributed by atoms with E-state index in [2.05, 4.69) is 22.9 Å².